The van der Waals surface area contributed by atoms with E-state index in [2.05, 4.69) is 45.1 Å². The SMILES string of the molecule is CCCCCC(CCCCNC(=O)[C@@]1(CCCCC(=O)O)SC[C@@H]2NC(=O)N[C@@H]21)c1cccc(C(=O)NNCCCC[C@H](NC(=O)OC(C)(C)C)C(=O)ON2C(=O)CCC2=O)c1C. The van der Waals surface area contributed by atoms with E-state index in [0.29, 0.717) is 61.6 Å². The molecular weight excluding hydrogens is 835 g/mol. The molecular formula is C44H67N7O11S. The Morgan fingerprint density at radius 2 is 1.60 bits per heavy atom. The van der Waals surface area contributed by atoms with Gasteiger partial charge < -0.3 is 35.9 Å². The molecule has 3 heterocycles. The van der Waals surface area contributed by atoms with Crippen LogP contribution in [-0.2, 0) is 33.5 Å². The van der Waals surface area contributed by atoms with E-state index >= 15 is 0 Å². The quantitative estimate of drug-likeness (QED) is 0.0279. The van der Waals surface area contributed by atoms with Crippen molar-refractivity contribution >= 4 is 59.5 Å². The molecule has 5 atom stereocenters. The molecule has 1 aromatic rings. The van der Waals surface area contributed by atoms with E-state index in [1.54, 1.807) is 26.8 Å². The van der Waals surface area contributed by atoms with Crippen molar-refractivity contribution in [2.24, 2.45) is 0 Å². The van der Waals surface area contributed by atoms with E-state index < -0.39 is 46.2 Å². The Kier molecular flexibility index (Phi) is 19.5. The standard InChI is InChI=1S/C44H67N7O11S/c1-6-7-8-16-29(17-10-13-25-45-40(58)44(24-12-9-21-36(54)55)37-33(27-63-44)47-41(59)49-37)30-18-15-19-31(28(30)2)38(56)50-46-26-14-11-20-32(48-42(60)61-43(3,4)5)39(57)62-51-34(52)22-23-35(51)53/h15,18-19,29,32-33,37,46H,6-14,16-17,20-27H2,1-5H3,(H,45,58)(H,48,60)(H,50,56)(H,54,55)(H2,47,49,59)/t29?,32-,33-,37-,44-/m0/s1. The number of unbranched alkanes of at least 4 members (excludes halogenated alkanes) is 5. The fraction of sp³-hybridized carbons (Fsp3) is 0.682. The van der Waals surface area contributed by atoms with Gasteiger partial charge in [-0.25, -0.2) is 19.8 Å². The van der Waals surface area contributed by atoms with Crippen LogP contribution in [0.4, 0.5) is 9.59 Å². The van der Waals surface area contributed by atoms with Gasteiger partial charge in [-0.1, -0.05) is 51.2 Å². The molecule has 1 unspecified atom stereocenters. The van der Waals surface area contributed by atoms with Crippen molar-refractivity contribution in [2.45, 2.75) is 172 Å². The maximum Gasteiger partial charge on any atom is 0.408 e. The lowest BCUT2D eigenvalue weighted by molar-refractivity contribution is -0.199. The van der Waals surface area contributed by atoms with Gasteiger partial charge in [-0.2, -0.15) is 0 Å². The Bertz CT molecular complexity index is 1790. The number of nitrogens with zero attached hydrogens (tertiary/aromatic N) is 1. The summed E-state index contributed by atoms with van der Waals surface area (Å²) in [5.74, 6) is -2.72. The highest BCUT2D eigenvalue weighted by molar-refractivity contribution is 8.01. The second-order valence-corrected chi connectivity index (χ2v) is 18.9. The fourth-order valence-electron chi connectivity index (χ4n) is 8.24. The zero-order valence-electron chi connectivity index (χ0n) is 37.4. The number of carboxylic acids is 1. The van der Waals surface area contributed by atoms with Gasteiger partial charge in [0.25, 0.3) is 17.7 Å². The first-order chi connectivity index (χ1) is 30.0. The number of alkyl carbamates (subject to hydrolysis) is 1. The third-order valence-corrected chi connectivity index (χ3v) is 13.2. The second kappa shape index (κ2) is 24.2. The molecule has 0 aromatic heterocycles. The topological polar surface area (TPSA) is 251 Å². The van der Waals surface area contributed by atoms with Crippen LogP contribution < -0.4 is 32.1 Å². The minimum absolute atomic E-state index is 0.0320. The van der Waals surface area contributed by atoms with Crippen molar-refractivity contribution < 1.29 is 53.0 Å². The molecule has 0 saturated carbocycles. The molecule has 350 valence electrons. The fourth-order valence-corrected chi connectivity index (χ4v) is 9.89. The molecule has 0 spiro atoms. The van der Waals surface area contributed by atoms with E-state index in [1.165, 1.54) is 11.8 Å². The van der Waals surface area contributed by atoms with E-state index in [9.17, 15) is 38.4 Å². The van der Waals surface area contributed by atoms with E-state index in [1.807, 2.05) is 13.0 Å². The normalized spacial score (nSPS) is 20.3. The average molecular weight is 902 g/mol. The van der Waals surface area contributed by atoms with Crippen LogP contribution in [0.2, 0.25) is 0 Å². The summed E-state index contributed by atoms with van der Waals surface area (Å²) in [5, 5.41) is 21.0. The third kappa shape index (κ3) is 15.1. The van der Waals surface area contributed by atoms with Crippen molar-refractivity contribution in [2.75, 3.05) is 18.8 Å². The average Bonchev–Trinajstić information content (AvgIpc) is 3.87. The molecule has 63 heavy (non-hydrogen) atoms. The monoisotopic (exact) mass is 901 g/mol. The van der Waals surface area contributed by atoms with Gasteiger partial charge in [0.15, 0.2) is 0 Å². The van der Waals surface area contributed by atoms with E-state index in [-0.39, 0.29) is 61.5 Å². The maximum atomic E-state index is 13.8. The van der Waals surface area contributed by atoms with E-state index in [0.717, 1.165) is 56.1 Å². The number of benzene rings is 1. The number of hydrazine groups is 1. The summed E-state index contributed by atoms with van der Waals surface area (Å²) < 4.78 is 4.42. The highest BCUT2D eigenvalue weighted by atomic mass is 32.2. The number of carbonyl (C=O) groups is 8. The van der Waals surface area contributed by atoms with Crippen LogP contribution in [0.5, 0.6) is 0 Å². The number of aliphatic carboxylic acids is 1. The smallest absolute Gasteiger partial charge is 0.408 e. The number of amides is 7. The van der Waals surface area contributed by atoms with Crippen LogP contribution in [0.15, 0.2) is 18.2 Å². The van der Waals surface area contributed by atoms with E-state index in [4.69, 9.17) is 14.7 Å². The predicted octanol–water partition coefficient (Wildman–Crippen LogP) is 5.03. The number of carboxylic acid groups (broad SMARTS) is 1. The lowest BCUT2D eigenvalue weighted by Gasteiger charge is -2.32. The second-order valence-electron chi connectivity index (χ2n) is 17.5. The van der Waals surface area contributed by atoms with Gasteiger partial charge in [0.2, 0.25) is 5.91 Å². The minimum Gasteiger partial charge on any atom is -0.481 e. The molecule has 18 nitrogen and oxygen atoms in total. The summed E-state index contributed by atoms with van der Waals surface area (Å²) in [6.07, 6.45) is 8.17. The van der Waals surface area contributed by atoms with Gasteiger partial charge >= 0.3 is 24.1 Å². The van der Waals surface area contributed by atoms with Gasteiger partial charge in [0, 0.05) is 43.7 Å². The summed E-state index contributed by atoms with van der Waals surface area (Å²) in [6, 6.07) is 3.76. The summed E-state index contributed by atoms with van der Waals surface area (Å²) >= 11 is 1.53. The predicted molar refractivity (Wildman–Crippen MR) is 235 cm³/mol. The number of hydrogen-bond donors (Lipinski definition) is 7. The molecule has 3 aliphatic heterocycles. The zero-order chi connectivity index (χ0) is 46.2. The van der Waals surface area contributed by atoms with Crippen LogP contribution >= 0.6 is 11.8 Å². The lowest BCUT2D eigenvalue weighted by Crippen LogP contribution is -2.56. The lowest BCUT2D eigenvalue weighted by atomic mass is 9.84. The molecule has 7 N–H and O–H groups in total. The number of hydrogen-bond acceptors (Lipinski definition) is 12. The van der Waals surface area contributed by atoms with Crippen molar-refractivity contribution in [3.05, 3.63) is 34.9 Å². The van der Waals surface area contributed by atoms with Crippen LogP contribution in [0.1, 0.15) is 158 Å². The molecule has 3 aliphatic rings. The first kappa shape index (κ1) is 50.7. The Morgan fingerprint density at radius 3 is 2.29 bits per heavy atom. The van der Waals surface area contributed by atoms with Gasteiger partial charge in [-0.3, -0.25) is 29.4 Å². The Morgan fingerprint density at radius 1 is 0.921 bits per heavy atom. The van der Waals surface area contributed by atoms with Crippen molar-refractivity contribution in [1.29, 1.82) is 0 Å². The molecule has 0 radical (unpaired) electrons. The van der Waals surface area contributed by atoms with Crippen molar-refractivity contribution in [3.8, 4) is 0 Å². The maximum absolute atomic E-state index is 13.8. The molecule has 0 bridgehead atoms. The molecule has 0 aliphatic carbocycles. The molecule has 19 heteroatoms. The molecule has 4 rings (SSSR count). The summed E-state index contributed by atoms with van der Waals surface area (Å²) in [7, 11) is 0. The van der Waals surface area contributed by atoms with Crippen LogP contribution in [0.25, 0.3) is 0 Å². The number of hydroxylamine groups is 2. The molecule has 3 saturated heterocycles. The van der Waals surface area contributed by atoms with Gasteiger partial charge in [0.05, 0.1) is 12.1 Å². The largest absolute Gasteiger partial charge is 0.481 e. The Balaban J connectivity index is 1.28. The number of rotatable bonds is 26. The number of ether oxygens (including phenoxy) is 1. The first-order valence-corrected chi connectivity index (χ1v) is 23.3. The highest BCUT2D eigenvalue weighted by Crippen LogP contribution is 2.44. The number of nitrogens with one attached hydrogen (secondary N) is 6. The highest BCUT2D eigenvalue weighted by Gasteiger charge is 2.57. The number of urea groups is 1. The summed E-state index contributed by atoms with van der Waals surface area (Å²) in [6.45, 7) is 9.95. The summed E-state index contributed by atoms with van der Waals surface area (Å²) in [4.78, 5) is 105. The van der Waals surface area contributed by atoms with Gasteiger partial charge in [-0.05, 0) is 102 Å². The van der Waals surface area contributed by atoms with Crippen molar-refractivity contribution in [3.63, 3.8) is 0 Å². The van der Waals surface area contributed by atoms with Crippen LogP contribution in [0.3, 0.4) is 0 Å². The van der Waals surface area contributed by atoms with Crippen LogP contribution in [0, 0.1) is 6.92 Å². The summed E-state index contributed by atoms with van der Waals surface area (Å²) in [5.41, 5.74) is 7.43. The van der Waals surface area contributed by atoms with Crippen molar-refractivity contribution in [1.82, 2.24) is 37.2 Å². The Hall–Kier alpha value is -4.91. The Labute approximate surface area is 374 Å². The number of imide groups is 1. The van der Waals surface area contributed by atoms with Gasteiger partial charge in [0.1, 0.15) is 16.4 Å². The molecule has 1 aromatic carbocycles. The number of thioether (sulfide) groups is 1. The third-order valence-electron chi connectivity index (χ3n) is 11.5. The number of fused-ring (bicyclic) bond motifs is 1. The first-order valence-electron chi connectivity index (χ1n) is 22.4. The minimum atomic E-state index is -1.19. The number of carbonyl (C=O) groups excluding carboxylic acids is 7. The van der Waals surface area contributed by atoms with Crippen LogP contribution in [-0.4, -0.2) is 105 Å². The molecule has 7 amide bonds. The van der Waals surface area contributed by atoms with Gasteiger partial charge in [-0.15, -0.1) is 16.8 Å². The molecule has 3 fully saturated rings. The zero-order valence-corrected chi connectivity index (χ0v) is 38.2.